The van der Waals surface area contributed by atoms with E-state index in [9.17, 15) is 42.3 Å². The molecule has 12 amide bonds. The van der Waals surface area contributed by atoms with Gasteiger partial charge in [-0.3, -0.25) is 57.5 Å². The fourth-order valence-corrected chi connectivity index (χ4v) is 17.3. The third-order valence-corrected chi connectivity index (χ3v) is 24.0. The van der Waals surface area contributed by atoms with Gasteiger partial charge in [-0.1, -0.05) is 92.4 Å². The number of carbonyl (C=O) groups is 12. The number of hydrogen-bond acceptors (Lipinski definition) is 14. The first kappa shape index (κ1) is 83.9. The van der Waals surface area contributed by atoms with Crippen LogP contribution in [-0.2, 0) is 62.3 Å². The second kappa shape index (κ2) is 37.3. The lowest BCUT2D eigenvalue weighted by Crippen LogP contribution is -2.65. The molecule has 582 valence electrons. The van der Waals surface area contributed by atoms with Crippen LogP contribution >= 0.6 is 11.6 Å². The summed E-state index contributed by atoms with van der Waals surface area (Å²) in [5.41, 5.74) is -1.65. The maximum absolute atomic E-state index is 15.7. The van der Waals surface area contributed by atoms with Crippen molar-refractivity contribution in [1.29, 1.82) is 0 Å². The molecule has 103 heavy (non-hydrogen) atoms. The number of amides is 12. The van der Waals surface area contributed by atoms with E-state index < -0.39 is 193 Å². The Bertz CT molecular complexity index is 3000. The zero-order valence-corrected chi connectivity index (χ0v) is 63.7. The van der Waals surface area contributed by atoms with Gasteiger partial charge in [0, 0.05) is 80.3 Å². The topological polar surface area (TPSA) is 300 Å². The summed E-state index contributed by atoms with van der Waals surface area (Å²) >= 11 is 6.41. The van der Waals surface area contributed by atoms with Crippen molar-refractivity contribution in [3.63, 3.8) is 0 Å². The molecule has 0 bridgehead atoms. The van der Waals surface area contributed by atoms with Gasteiger partial charge in [0.2, 0.25) is 70.9 Å². The minimum absolute atomic E-state index is 0.00553. The summed E-state index contributed by atoms with van der Waals surface area (Å²) < 4.78 is 47.8. The first-order chi connectivity index (χ1) is 48.5. The third kappa shape index (κ3) is 21.3. The molecule has 0 aromatic rings. The first-order valence-corrected chi connectivity index (χ1v) is 38.3. The number of hydrogen-bond donors (Lipinski definition) is 4. The van der Waals surface area contributed by atoms with Gasteiger partial charge in [-0.25, -0.2) is 0 Å². The highest BCUT2D eigenvalue weighted by atomic mass is 35.5. The van der Waals surface area contributed by atoms with Crippen LogP contribution in [0.3, 0.4) is 0 Å². The average molecular weight is 1480 g/mol. The van der Waals surface area contributed by atoms with Gasteiger partial charge >= 0.3 is 6.18 Å². The number of aliphatic hydroxyl groups excluding tert-OH is 1. The molecule has 7 aliphatic rings. The molecule has 7 rings (SSSR count). The smallest absolute Gasteiger partial charge is 0.391 e. The van der Waals surface area contributed by atoms with Gasteiger partial charge in [-0.2, -0.15) is 13.2 Å². The van der Waals surface area contributed by atoms with E-state index in [1.807, 2.05) is 20.8 Å². The molecule has 4 saturated carbocycles. The van der Waals surface area contributed by atoms with Gasteiger partial charge in [0.1, 0.15) is 47.8 Å². The third-order valence-electron chi connectivity index (χ3n) is 23.5. The number of ether oxygens (including phenoxy) is 1. The fourth-order valence-electron chi connectivity index (χ4n) is 16.8. The minimum Gasteiger partial charge on any atom is -0.391 e. The van der Waals surface area contributed by atoms with E-state index >= 15 is 33.6 Å². The number of nitrogens with one attached hydrogen (secondary N) is 3. The second-order valence-corrected chi connectivity index (χ2v) is 32.0. The largest absolute Gasteiger partial charge is 0.393 e. The van der Waals surface area contributed by atoms with Gasteiger partial charge in [0.25, 0.3) is 0 Å². The Hall–Kier alpha value is -6.36. The number of rotatable bonds is 12. The molecule has 4 aliphatic carbocycles. The van der Waals surface area contributed by atoms with Crippen LogP contribution in [0.25, 0.3) is 0 Å². The summed E-state index contributed by atoms with van der Waals surface area (Å²) in [6.07, 6.45) is 0.665. The van der Waals surface area contributed by atoms with Gasteiger partial charge in [0.15, 0.2) is 0 Å². The average Bonchev–Trinajstić information content (AvgIpc) is 1.71. The monoisotopic (exact) mass is 1480 g/mol. The molecule has 0 aromatic heterocycles. The van der Waals surface area contributed by atoms with Crippen LogP contribution in [0.15, 0.2) is 0 Å². The number of halogens is 4. The summed E-state index contributed by atoms with van der Waals surface area (Å²) in [4.78, 5) is 192. The second-order valence-electron chi connectivity index (χ2n) is 31.4. The SMILES string of the molecule is CC[C@H](C)[C@@H]1NC(=O)[C@H](CC(C)C)N(C)C(=O)C[C@@H](C(=O)N2CCOCC2)N(C)C(=O)[C@H](C2CCCC2)N(C)C(=O)C2(CCCC2)NC(=O)[C@@H]2C[C@@H](O)CN2C(=O)[C@H](CCC2CCC(C(F)(F)F)C(Cl)C2)NC(=O)CN(C)C(=O)[C@H](CC2CCC(C)CC2)N(CC)C(=O)CN(C)C(=O)CN(C)C1=O. The number of morpholine rings is 1. The molecule has 7 fully saturated rings. The van der Waals surface area contributed by atoms with Crippen LogP contribution in [0.4, 0.5) is 13.2 Å². The predicted molar refractivity (Wildman–Crippen MR) is 377 cm³/mol. The van der Waals surface area contributed by atoms with Crippen molar-refractivity contribution in [2.45, 2.75) is 248 Å². The number of carbonyl (C=O) groups excluding carboxylic acids is 12. The lowest BCUT2D eigenvalue weighted by atomic mass is 9.78. The normalized spacial score (nSPS) is 31.5. The predicted octanol–water partition coefficient (Wildman–Crippen LogP) is 4.55. The van der Waals surface area contributed by atoms with Crippen molar-refractivity contribution in [1.82, 2.24) is 60.0 Å². The summed E-state index contributed by atoms with van der Waals surface area (Å²) in [7, 11) is 8.46. The molecule has 3 aliphatic heterocycles. The Kier molecular flexibility index (Phi) is 30.3. The molecule has 3 saturated heterocycles. The van der Waals surface area contributed by atoms with Crippen molar-refractivity contribution in [3.8, 4) is 0 Å². The van der Waals surface area contributed by atoms with Crippen molar-refractivity contribution in [2.75, 3.05) is 101 Å². The molecular formula is C73H118ClF3N12O14. The maximum atomic E-state index is 15.7. The van der Waals surface area contributed by atoms with E-state index in [2.05, 4.69) is 22.9 Å². The van der Waals surface area contributed by atoms with Crippen molar-refractivity contribution >= 4 is 82.5 Å². The molecule has 1 spiro atoms. The highest BCUT2D eigenvalue weighted by molar-refractivity contribution is 6.21. The van der Waals surface area contributed by atoms with Crippen LogP contribution in [0, 0.1) is 41.4 Å². The highest BCUT2D eigenvalue weighted by Crippen LogP contribution is 2.44. The zero-order chi connectivity index (χ0) is 76.1. The van der Waals surface area contributed by atoms with E-state index in [1.54, 1.807) is 13.8 Å². The van der Waals surface area contributed by atoms with Gasteiger partial charge in [-0.05, 0) is 113 Å². The first-order valence-electron chi connectivity index (χ1n) is 37.8. The molecule has 4 N–H and O–H groups in total. The molecular weight excluding hydrogens is 1360 g/mol. The van der Waals surface area contributed by atoms with E-state index in [4.69, 9.17) is 16.3 Å². The van der Waals surface area contributed by atoms with Gasteiger partial charge in [-0.15, -0.1) is 11.6 Å². The molecule has 0 aromatic carbocycles. The Balaban J connectivity index is 1.29. The summed E-state index contributed by atoms with van der Waals surface area (Å²) in [6, 6.07) is -9.16. The number of aliphatic hydroxyl groups is 1. The Labute approximate surface area is 611 Å². The number of fused-ring (bicyclic) bond motifs is 1. The van der Waals surface area contributed by atoms with Crippen LogP contribution in [-0.4, -0.2) is 287 Å². The Morgan fingerprint density at radius 3 is 1.87 bits per heavy atom. The number of nitrogens with zero attached hydrogens (tertiary/aromatic N) is 9. The van der Waals surface area contributed by atoms with Crippen molar-refractivity contribution in [2.24, 2.45) is 41.4 Å². The van der Waals surface area contributed by atoms with Crippen LogP contribution in [0.1, 0.15) is 183 Å². The quantitative estimate of drug-likeness (QED) is 0.195. The van der Waals surface area contributed by atoms with Crippen molar-refractivity contribution < 1.29 is 80.5 Å². The summed E-state index contributed by atoms with van der Waals surface area (Å²) in [6.45, 7) is 9.68. The standard InChI is InChI=1S/C73H118ClF3N12O14/c1-13-46(6)62-69(100)83(9)42-60(93)81(7)43-61(94)88(14-2)57(37-48-23-21-45(5)22-24-48)67(98)82(8)41-58(91)78-53(28-26-47-25-27-51(52(74)36-47)73(75,76)77)66(97)89-40-50(90)38-55(89)65(96)80-72(29-17-18-30-72)71(102)86(12)63(49-19-15-16-20-49)70(101)85(11)56(68(99)87-31-33-103-34-32-87)39-59(92)84(10)54(35-44(3)4)64(95)79-62/h44-57,62-63,90H,13-43H2,1-12H3,(H,78,91)(H,79,95)(H,80,96)/t45?,46-,47?,48?,50+,51?,52?,53-,54-,55-,56-,57-,62-,63-/m0/s1. The Morgan fingerprint density at radius 2 is 1.28 bits per heavy atom. The summed E-state index contributed by atoms with van der Waals surface area (Å²) in [5, 5.41) is 18.8. The van der Waals surface area contributed by atoms with E-state index in [1.165, 1.54) is 66.8 Å². The molecule has 12 atom stereocenters. The van der Waals surface area contributed by atoms with Crippen molar-refractivity contribution in [3.05, 3.63) is 0 Å². The molecule has 0 radical (unpaired) electrons. The number of likely N-dealkylation sites (N-methyl/N-ethyl adjacent to an activating group) is 7. The van der Waals surface area contributed by atoms with E-state index in [0.717, 1.165) is 45.3 Å². The molecule has 3 unspecified atom stereocenters. The van der Waals surface area contributed by atoms with Gasteiger partial charge in [0.05, 0.1) is 51.3 Å². The molecule has 3 heterocycles. The Morgan fingerprint density at radius 1 is 0.670 bits per heavy atom. The van der Waals surface area contributed by atoms with Crippen LogP contribution < -0.4 is 16.0 Å². The lowest BCUT2D eigenvalue weighted by Gasteiger charge is -2.42. The van der Waals surface area contributed by atoms with Gasteiger partial charge < -0.3 is 69.9 Å². The molecule has 30 heteroatoms. The van der Waals surface area contributed by atoms with E-state index in [0.29, 0.717) is 50.9 Å². The number of alkyl halides is 4. The van der Waals surface area contributed by atoms with E-state index in [-0.39, 0.29) is 109 Å². The maximum Gasteiger partial charge on any atom is 0.393 e. The fraction of sp³-hybridized carbons (Fsp3) is 0.836. The highest BCUT2D eigenvalue weighted by Gasteiger charge is 2.53. The zero-order valence-electron chi connectivity index (χ0n) is 62.9. The minimum atomic E-state index is -4.54. The van der Waals surface area contributed by atoms with Crippen LogP contribution in [0.2, 0.25) is 0 Å². The van der Waals surface area contributed by atoms with Crippen LogP contribution in [0.5, 0.6) is 0 Å². The molecule has 26 nitrogen and oxygen atoms in total. The summed E-state index contributed by atoms with van der Waals surface area (Å²) in [5.74, 6) is -11.1. The lowest BCUT2D eigenvalue weighted by molar-refractivity contribution is -0.182.